The maximum Gasteiger partial charge on any atom is 0.243 e. The Hall–Kier alpha value is -2.88. The molecule has 0 saturated heterocycles. The number of amides is 1. The van der Waals surface area contributed by atoms with E-state index in [1.807, 2.05) is 48.5 Å². The third-order valence-electron chi connectivity index (χ3n) is 5.45. The number of ether oxygens (including phenoxy) is 2. The number of carbonyl (C=O) groups is 1. The average molecular weight is 561 g/mol. The van der Waals surface area contributed by atoms with E-state index in [0.29, 0.717) is 30.9 Å². The molecule has 0 bridgehead atoms. The Morgan fingerprint density at radius 1 is 0.886 bits per heavy atom. The normalized spacial score (nSPS) is 11.3. The summed E-state index contributed by atoms with van der Waals surface area (Å²) < 4.78 is 39.2. The highest BCUT2D eigenvalue weighted by Gasteiger charge is 2.26. The molecule has 0 aliphatic rings. The quantitative estimate of drug-likeness (QED) is 0.361. The van der Waals surface area contributed by atoms with Gasteiger partial charge in [0.1, 0.15) is 0 Å². The minimum Gasteiger partial charge on any atom is -0.493 e. The largest absolute Gasteiger partial charge is 0.493 e. The number of halogens is 1. The maximum absolute atomic E-state index is 13.3. The van der Waals surface area contributed by atoms with Gasteiger partial charge in [0.25, 0.3) is 0 Å². The third-order valence-corrected chi connectivity index (χ3v) is 7.84. The zero-order chi connectivity index (χ0) is 25.3. The smallest absolute Gasteiger partial charge is 0.243 e. The van der Waals surface area contributed by atoms with Crippen LogP contribution in [0, 0.1) is 0 Å². The van der Waals surface area contributed by atoms with E-state index in [0.717, 1.165) is 15.6 Å². The number of nitrogens with one attached hydrogen (secondary N) is 1. The maximum atomic E-state index is 13.3. The molecule has 0 heterocycles. The number of hydrogen-bond acceptors (Lipinski definition) is 5. The highest BCUT2D eigenvalue weighted by atomic mass is 79.9. The van der Waals surface area contributed by atoms with Crippen molar-refractivity contribution in [3.05, 3.63) is 88.4 Å². The fraction of sp³-hybridized carbons (Fsp3) is 0.269. The number of hydrogen-bond donors (Lipinski definition) is 1. The Morgan fingerprint density at radius 3 is 2.23 bits per heavy atom. The van der Waals surface area contributed by atoms with Crippen molar-refractivity contribution in [2.75, 3.05) is 33.9 Å². The van der Waals surface area contributed by atoms with Crippen LogP contribution in [-0.2, 0) is 27.7 Å². The molecule has 0 unspecified atom stereocenters. The minimum absolute atomic E-state index is 0.145. The lowest BCUT2D eigenvalue weighted by Crippen LogP contribution is -2.42. The van der Waals surface area contributed by atoms with Crippen molar-refractivity contribution in [3.8, 4) is 11.5 Å². The molecule has 0 radical (unpaired) electrons. The van der Waals surface area contributed by atoms with Crippen LogP contribution in [0.2, 0.25) is 0 Å². The summed E-state index contributed by atoms with van der Waals surface area (Å²) in [5.41, 5.74) is 1.96. The van der Waals surface area contributed by atoms with Crippen molar-refractivity contribution in [2.24, 2.45) is 0 Å². The molecule has 3 aromatic rings. The topological polar surface area (TPSA) is 84.9 Å². The molecule has 0 atom stereocenters. The molecule has 0 fully saturated rings. The molecular formula is C26H29BrN2O5S. The molecular weight excluding hydrogens is 532 g/mol. The predicted octanol–water partition coefficient (Wildman–Crippen LogP) is 4.06. The molecule has 1 amide bonds. The van der Waals surface area contributed by atoms with E-state index in [9.17, 15) is 13.2 Å². The Morgan fingerprint density at radius 2 is 1.57 bits per heavy atom. The van der Waals surface area contributed by atoms with E-state index < -0.39 is 10.0 Å². The second-order valence-corrected chi connectivity index (χ2v) is 10.7. The van der Waals surface area contributed by atoms with E-state index in [4.69, 9.17) is 9.47 Å². The average Bonchev–Trinajstić information content (AvgIpc) is 2.87. The summed E-state index contributed by atoms with van der Waals surface area (Å²) in [6, 6.07) is 21.6. The fourth-order valence-electron chi connectivity index (χ4n) is 3.54. The standard InChI is InChI=1S/C26H29BrN2O5S/c1-33-24-13-8-21(18-25(24)34-2)14-16-28-26(30)19-29(17-15-20-6-4-3-5-7-20)35(31,32)23-11-9-22(27)10-12-23/h3-13,18H,14-17,19H2,1-2H3,(H,28,30). The van der Waals surface area contributed by atoms with Crippen molar-refractivity contribution in [3.63, 3.8) is 0 Å². The number of carbonyl (C=O) groups excluding carboxylic acids is 1. The predicted molar refractivity (Wildman–Crippen MR) is 139 cm³/mol. The van der Waals surface area contributed by atoms with E-state index in [-0.39, 0.29) is 23.9 Å². The lowest BCUT2D eigenvalue weighted by Gasteiger charge is -2.22. The zero-order valence-electron chi connectivity index (χ0n) is 19.7. The number of methoxy groups -OCH3 is 2. The molecule has 9 heteroatoms. The van der Waals surface area contributed by atoms with Gasteiger partial charge < -0.3 is 14.8 Å². The first-order valence-electron chi connectivity index (χ1n) is 11.1. The minimum atomic E-state index is -3.86. The summed E-state index contributed by atoms with van der Waals surface area (Å²) in [6.07, 6.45) is 1.06. The van der Waals surface area contributed by atoms with Crippen LogP contribution in [0.4, 0.5) is 0 Å². The number of sulfonamides is 1. The molecule has 0 saturated carbocycles. The van der Waals surface area contributed by atoms with Crippen molar-refractivity contribution >= 4 is 31.9 Å². The van der Waals surface area contributed by atoms with Crippen LogP contribution in [0.3, 0.4) is 0 Å². The molecule has 186 valence electrons. The van der Waals surface area contributed by atoms with Gasteiger partial charge in [0.05, 0.1) is 25.7 Å². The Balaban J connectivity index is 1.66. The van der Waals surface area contributed by atoms with Gasteiger partial charge in [-0.3, -0.25) is 4.79 Å². The first-order valence-corrected chi connectivity index (χ1v) is 13.3. The molecule has 0 spiro atoms. The fourth-order valence-corrected chi connectivity index (χ4v) is 5.20. The van der Waals surface area contributed by atoms with Gasteiger partial charge in [0.15, 0.2) is 11.5 Å². The van der Waals surface area contributed by atoms with E-state index in [1.54, 1.807) is 26.4 Å². The SMILES string of the molecule is COc1ccc(CCNC(=O)CN(CCc2ccccc2)S(=O)(=O)c2ccc(Br)cc2)cc1OC. The number of benzene rings is 3. The van der Waals surface area contributed by atoms with Crippen LogP contribution in [-0.4, -0.2) is 52.5 Å². The molecule has 0 aliphatic carbocycles. The second-order valence-electron chi connectivity index (χ2n) is 7.82. The molecule has 1 N–H and O–H groups in total. The van der Waals surface area contributed by atoms with Crippen LogP contribution in [0.25, 0.3) is 0 Å². The molecule has 0 aliphatic heterocycles. The lowest BCUT2D eigenvalue weighted by molar-refractivity contribution is -0.121. The van der Waals surface area contributed by atoms with Crippen LogP contribution in [0.5, 0.6) is 11.5 Å². The zero-order valence-corrected chi connectivity index (χ0v) is 22.1. The third kappa shape index (κ3) is 7.55. The first kappa shape index (κ1) is 26.7. The van der Waals surface area contributed by atoms with Gasteiger partial charge in [-0.25, -0.2) is 8.42 Å². The van der Waals surface area contributed by atoms with Gasteiger partial charge >= 0.3 is 0 Å². The molecule has 3 rings (SSSR count). The van der Waals surface area contributed by atoms with Gasteiger partial charge in [-0.2, -0.15) is 4.31 Å². The van der Waals surface area contributed by atoms with Crippen molar-refractivity contribution in [2.45, 2.75) is 17.7 Å². The van der Waals surface area contributed by atoms with Gasteiger partial charge in [-0.1, -0.05) is 52.3 Å². The van der Waals surface area contributed by atoms with Gasteiger partial charge in [-0.15, -0.1) is 0 Å². The Kier molecular flexibility index (Phi) is 9.71. The van der Waals surface area contributed by atoms with Crippen LogP contribution < -0.4 is 14.8 Å². The summed E-state index contributed by atoms with van der Waals surface area (Å²) in [5.74, 6) is 0.885. The monoisotopic (exact) mass is 560 g/mol. The second kappa shape index (κ2) is 12.7. The van der Waals surface area contributed by atoms with Gasteiger partial charge in [-0.05, 0) is 60.4 Å². The number of nitrogens with zero attached hydrogens (tertiary/aromatic N) is 1. The molecule has 0 aromatic heterocycles. The molecule has 3 aromatic carbocycles. The lowest BCUT2D eigenvalue weighted by atomic mass is 10.1. The summed E-state index contributed by atoms with van der Waals surface area (Å²) in [4.78, 5) is 12.9. The molecule has 35 heavy (non-hydrogen) atoms. The highest BCUT2D eigenvalue weighted by Crippen LogP contribution is 2.27. The first-order chi connectivity index (χ1) is 16.8. The highest BCUT2D eigenvalue weighted by molar-refractivity contribution is 9.10. The van der Waals surface area contributed by atoms with Crippen LogP contribution in [0.1, 0.15) is 11.1 Å². The Labute approximate surface area is 215 Å². The van der Waals surface area contributed by atoms with Gasteiger partial charge in [0.2, 0.25) is 15.9 Å². The van der Waals surface area contributed by atoms with E-state index >= 15 is 0 Å². The van der Waals surface area contributed by atoms with Crippen molar-refractivity contribution in [1.82, 2.24) is 9.62 Å². The Bertz CT molecular complexity index is 1220. The molecule has 7 nitrogen and oxygen atoms in total. The van der Waals surface area contributed by atoms with Crippen molar-refractivity contribution < 1.29 is 22.7 Å². The number of rotatable bonds is 12. The summed E-state index contributed by atoms with van der Waals surface area (Å²) in [6.45, 7) is 0.280. The van der Waals surface area contributed by atoms with Crippen molar-refractivity contribution in [1.29, 1.82) is 0 Å². The van der Waals surface area contributed by atoms with E-state index in [2.05, 4.69) is 21.2 Å². The van der Waals surface area contributed by atoms with E-state index in [1.165, 1.54) is 16.4 Å². The summed E-state index contributed by atoms with van der Waals surface area (Å²) in [7, 11) is -0.714. The summed E-state index contributed by atoms with van der Waals surface area (Å²) in [5, 5.41) is 2.83. The van der Waals surface area contributed by atoms with Crippen LogP contribution in [0.15, 0.2) is 82.2 Å². The summed E-state index contributed by atoms with van der Waals surface area (Å²) >= 11 is 3.33. The van der Waals surface area contributed by atoms with Crippen LogP contribution >= 0.6 is 15.9 Å². The van der Waals surface area contributed by atoms with Gasteiger partial charge in [0, 0.05) is 17.6 Å².